The van der Waals surface area contributed by atoms with Gasteiger partial charge in [0.15, 0.2) is 5.65 Å². The van der Waals surface area contributed by atoms with Crippen molar-refractivity contribution in [3.63, 3.8) is 0 Å². The molecule has 3 N–H and O–H groups in total. The van der Waals surface area contributed by atoms with Gasteiger partial charge in [-0.25, -0.2) is 15.0 Å². The van der Waals surface area contributed by atoms with Crippen LogP contribution in [0.4, 0.5) is 0 Å². The van der Waals surface area contributed by atoms with Crippen LogP contribution in [0, 0.1) is 6.92 Å². The fourth-order valence-electron chi connectivity index (χ4n) is 1.32. The van der Waals surface area contributed by atoms with E-state index in [4.69, 9.17) is 5.73 Å². The van der Waals surface area contributed by atoms with Crippen LogP contribution in [-0.2, 0) is 6.42 Å². The van der Waals surface area contributed by atoms with E-state index in [2.05, 4.69) is 19.9 Å². The molecule has 0 aliphatic carbocycles. The molecule has 0 radical (unpaired) electrons. The summed E-state index contributed by atoms with van der Waals surface area (Å²) in [6.07, 6.45) is 2.27. The maximum absolute atomic E-state index is 5.46. The van der Waals surface area contributed by atoms with Gasteiger partial charge in [-0.15, -0.1) is 0 Å². The quantitative estimate of drug-likeness (QED) is 0.684. The van der Waals surface area contributed by atoms with Gasteiger partial charge in [-0.05, 0) is 13.5 Å². The van der Waals surface area contributed by atoms with Gasteiger partial charge in [0.2, 0.25) is 0 Å². The number of imidazole rings is 1. The summed E-state index contributed by atoms with van der Waals surface area (Å²) in [7, 11) is 0. The molecule has 5 heteroatoms. The first kappa shape index (κ1) is 8.12. The SMILES string of the molecule is Cc1nc2ncnc(CCN)c2[nH]1. The van der Waals surface area contributed by atoms with Gasteiger partial charge < -0.3 is 10.7 Å². The Bertz CT molecular complexity index is 419. The van der Waals surface area contributed by atoms with E-state index in [1.807, 2.05) is 6.92 Å². The molecule has 0 aliphatic heterocycles. The van der Waals surface area contributed by atoms with E-state index < -0.39 is 0 Å². The van der Waals surface area contributed by atoms with Gasteiger partial charge in [-0.1, -0.05) is 0 Å². The summed E-state index contributed by atoms with van der Waals surface area (Å²) in [6.45, 7) is 2.48. The van der Waals surface area contributed by atoms with Crippen LogP contribution in [0.15, 0.2) is 6.33 Å². The Labute approximate surface area is 75.4 Å². The normalized spacial score (nSPS) is 10.9. The highest BCUT2D eigenvalue weighted by Crippen LogP contribution is 2.11. The van der Waals surface area contributed by atoms with Gasteiger partial charge in [0.05, 0.1) is 5.69 Å². The molecule has 0 unspecified atom stereocenters. The van der Waals surface area contributed by atoms with E-state index in [9.17, 15) is 0 Å². The molecule has 0 aromatic carbocycles. The summed E-state index contributed by atoms with van der Waals surface area (Å²) in [5.41, 5.74) is 8.03. The molecule has 0 amide bonds. The van der Waals surface area contributed by atoms with Crippen LogP contribution in [0.25, 0.3) is 11.2 Å². The zero-order valence-electron chi connectivity index (χ0n) is 7.41. The fourth-order valence-corrected chi connectivity index (χ4v) is 1.32. The number of rotatable bonds is 2. The number of aromatic amines is 1. The highest BCUT2D eigenvalue weighted by molar-refractivity contribution is 5.72. The van der Waals surface area contributed by atoms with Crippen molar-refractivity contribution in [2.45, 2.75) is 13.3 Å². The first-order chi connectivity index (χ1) is 6.31. The molecule has 0 atom stereocenters. The summed E-state index contributed by atoms with van der Waals surface area (Å²) >= 11 is 0. The lowest BCUT2D eigenvalue weighted by molar-refractivity contribution is 0.922. The first-order valence-electron chi connectivity index (χ1n) is 4.17. The van der Waals surface area contributed by atoms with Gasteiger partial charge in [0.25, 0.3) is 0 Å². The minimum atomic E-state index is 0.587. The number of aromatic nitrogens is 4. The van der Waals surface area contributed by atoms with E-state index in [-0.39, 0.29) is 0 Å². The Morgan fingerprint density at radius 3 is 3.08 bits per heavy atom. The minimum absolute atomic E-state index is 0.587. The maximum Gasteiger partial charge on any atom is 0.181 e. The number of hydrogen-bond acceptors (Lipinski definition) is 4. The average molecular weight is 177 g/mol. The summed E-state index contributed by atoms with van der Waals surface area (Å²) in [6, 6.07) is 0. The standard InChI is InChI=1S/C8H11N5/c1-5-12-7-6(2-3-9)10-4-11-8(7)13-5/h4H,2-3,9H2,1H3,(H,10,11,12,13). The van der Waals surface area contributed by atoms with E-state index >= 15 is 0 Å². The second kappa shape index (κ2) is 3.10. The third-order valence-electron chi connectivity index (χ3n) is 1.87. The molecule has 2 rings (SSSR count). The van der Waals surface area contributed by atoms with E-state index in [0.717, 1.165) is 29.1 Å². The molecule has 0 fully saturated rings. The Balaban J connectivity index is 2.60. The monoisotopic (exact) mass is 177 g/mol. The van der Waals surface area contributed by atoms with Crippen LogP contribution in [0.3, 0.4) is 0 Å². The molecule has 0 saturated heterocycles. The van der Waals surface area contributed by atoms with Crippen LogP contribution in [0.1, 0.15) is 11.5 Å². The van der Waals surface area contributed by atoms with Crippen LogP contribution < -0.4 is 5.73 Å². The smallest absolute Gasteiger partial charge is 0.181 e. The highest BCUT2D eigenvalue weighted by Gasteiger charge is 2.05. The molecular weight excluding hydrogens is 166 g/mol. The lowest BCUT2D eigenvalue weighted by Crippen LogP contribution is -2.05. The van der Waals surface area contributed by atoms with E-state index in [0.29, 0.717) is 6.54 Å². The lowest BCUT2D eigenvalue weighted by atomic mass is 10.3. The second-order valence-corrected chi connectivity index (χ2v) is 2.88. The number of fused-ring (bicyclic) bond motifs is 1. The van der Waals surface area contributed by atoms with Crippen LogP contribution in [0.5, 0.6) is 0 Å². The van der Waals surface area contributed by atoms with Crippen LogP contribution in [-0.4, -0.2) is 26.5 Å². The van der Waals surface area contributed by atoms with Crippen molar-refractivity contribution in [3.8, 4) is 0 Å². The molecule has 5 nitrogen and oxygen atoms in total. The zero-order valence-corrected chi connectivity index (χ0v) is 7.41. The number of hydrogen-bond donors (Lipinski definition) is 2. The van der Waals surface area contributed by atoms with Crippen molar-refractivity contribution in [3.05, 3.63) is 17.8 Å². The van der Waals surface area contributed by atoms with Gasteiger partial charge in [0.1, 0.15) is 17.7 Å². The van der Waals surface area contributed by atoms with Crippen LogP contribution >= 0.6 is 0 Å². The summed E-state index contributed by atoms with van der Waals surface area (Å²) < 4.78 is 0. The molecule has 0 bridgehead atoms. The van der Waals surface area contributed by atoms with Crippen molar-refractivity contribution in [2.75, 3.05) is 6.54 Å². The van der Waals surface area contributed by atoms with Crippen molar-refractivity contribution in [1.82, 2.24) is 19.9 Å². The number of nitrogens with one attached hydrogen (secondary N) is 1. The molecule has 68 valence electrons. The zero-order chi connectivity index (χ0) is 9.26. The lowest BCUT2D eigenvalue weighted by Gasteiger charge is -1.96. The number of H-pyrrole nitrogens is 1. The largest absolute Gasteiger partial charge is 0.339 e. The molecule has 13 heavy (non-hydrogen) atoms. The summed E-state index contributed by atoms with van der Waals surface area (Å²) in [4.78, 5) is 15.5. The molecule has 0 aliphatic rings. The van der Waals surface area contributed by atoms with Gasteiger partial charge in [0, 0.05) is 6.42 Å². The Morgan fingerprint density at radius 1 is 1.46 bits per heavy atom. The third-order valence-corrected chi connectivity index (χ3v) is 1.87. The minimum Gasteiger partial charge on any atom is -0.339 e. The molecule has 0 spiro atoms. The number of nitrogens with zero attached hydrogens (tertiary/aromatic N) is 3. The highest BCUT2D eigenvalue weighted by atomic mass is 15.0. The first-order valence-corrected chi connectivity index (χ1v) is 4.17. The Morgan fingerprint density at radius 2 is 2.31 bits per heavy atom. The van der Waals surface area contributed by atoms with Crippen molar-refractivity contribution in [2.24, 2.45) is 5.73 Å². The molecule has 2 aromatic rings. The number of nitrogens with two attached hydrogens (primary N) is 1. The Hall–Kier alpha value is -1.49. The van der Waals surface area contributed by atoms with Crippen molar-refractivity contribution >= 4 is 11.2 Å². The average Bonchev–Trinajstić information content (AvgIpc) is 2.47. The second-order valence-electron chi connectivity index (χ2n) is 2.88. The van der Waals surface area contributed by atoms with E-state index in [1.165, 1.54) is 6.33 Å². The Kier molecular flexibility index (Phi) is 1.94. The summed E-state index contributed by atoms with van der Waals surface area (Å²) in [5, 5.41) is 0. The van der Waals surface area contributed by atoms with E-state index in [1.54, 1.807) is 0 Å². The van der Waals surface area contributed by atoms with Gasteiger partial charge >= 0.3 is 0 Å². The van der Waals surface area contributed by atoms with Gasteiger partial charge in [-0.3, -0.25) is 0 Å². The van der Waals surface area contributed by atoms with Crippen LogP contribution in [0.2, 0.25) is 0 Å². The molecule has 2 heterocycles. The number of aryl methyl sites for hydroxylation is 1. The molecule has 2 aromatic heterocycles. The van der Waals surface area contributed by atoms with Gasteiger partial charge in [-0.2, -0.15) is 0 Å². The predicted octanol–water partition coefficient (Wildman–Crippen LogP) is 0.163. The predicted molar refractivity (Wildman–Crippen MR) is 49.2 cm³/mol. The third kappa shape index (κ3) is 1.38. The fraction of sp³-hybridized carbons (Fsp3) is 0.375. The molecule has 0 saturated carbocycles. The van der Waals surface area contributed by atoms with Crippen molar-refractivity contribution in [1.29, 1.82) is 0 Å². The summed E-state index contributed by atoms with van der Waals surface area (Å²) in [5.74, 6) is 0.855. The molecular formula is C8H11N5. The van der Waals surface area contributed by atoms with Crippen molar-refractivity contribution < 1.29 is 0 Å². The maximum atomic E-state index is 5.46. The topological polar surface area (TPSA) is 80.5 Å².